The Morgan fingerprint density at radius 1 is 1.44 bits per heavy atom. The SMILES string of the molecule is CN1CCc2cc(NC/C=C/CCl)ccc21. The van der Waals surface area contributed by atoms with Gasteiger partial charge in [0.15, 0.2) is 0 Å². The second-order valence-corrected chi connectivity index (χ2v) is 4.33. The van der Waals surface area contributed by atoms with Crippen LogP contribution in [0.5, 0.6) is 0 Å². The molecule has 86 valence electrons. The van der Waals surface area contributed by atoms with Crippen molar-refractivity contribution in [3.8, 4) is 0 Å². The standard InChI is InChI=1S/C13H17ClN2/c1-16-9-6-11-10-12(4-5-13(11)16)15-8-3-2-7-14/h2-5,10,15H,6-9H2,1H3/b3-2+. The van der Waals surface area contributed by atoms with Crippen LogP contribution >= 0.6 is 11.6 Å². The molecule has 16 heavy (non-hydrogen) atoms. The lowest BCUT2D eigenvalue weighted by molar-refractivity contribution is 0.956. The number of fused-ring (bicyclic) bond motifs is 1. The summed E-state index contributed by atoms with van der Waals surface area (Å²) in [7, 11) is 2.14. The predicted octanol–water partition coefficient (Wildman–Crippen LogP) is 2.89. The number of alkyl halides is 1. The molecule has 0 bridgehead atoms. The van der Waals surface area contributed by atoms with Gasteiger partial charge in [-0.1, -0.05) is 12.2 Å². The average molecular weight is 237 g/mol. The zero-order valence-electron chi connectivity index (χ0n) is 9.54. The van der Waals surface area contributed by atoms with Gasteiger partial charge < -0.3 is 10.2 Å². The summed E-state index contributed by atoms with van der Waals surface area (Å²) in [5.41, 5.74) is 3.99. The van der Waals surface area contributed by atoms with E-state index in [9.17, 15) is 0 Å². The minimum absolute atomic E-state index is 0.580. The second kappa shape index (κ2) is 5.26. The van der Waals surface area contributed by atoms with Crippen LogP contribution in [0.25, 0.3) is 0 Å². The van der Waals surface area contributed by atoms with Crippen LogP contribution in [0.2, 0.25) is 0 Å². The Labute approximate surface area is 102 Å². The molecule has 3 heteroatoms. The van der Waals surface area contributed by atoms with Gasteiger partial charge in [0.2, 0.25) is 0 Å². The van der Waals surface area contributed by atoms with Crippen LogP contribution in [0, 0.1) is 0 Å². The first kappa shape index (κ1) is 11.3. The van der Waals surface area contributed by atoms with E-state index < -0.39 is 0 Å². The predicted molar refractivity (Wildman–Crippen MR) is 71.8 cm³/mol. The fraction of sp³-hybridized carbons (Fsp3) is 0.385. The third-order valence-electron chi connectivity index (χ3n) is 2.89. The van der Waals surface area contributed by atoms with Gasteiger partial charge >= 0.3 is 0 Å². The van der Waals surface area contributed by atoms with Crippen LogP contribution in [-0.2, 0) is 6.42 Å². The largest absolute Gasteiger partial charge is 0.382 e. The number of halogens is 1. The van der Waals surface area contributed by atoms with Crippen molar-refractivity contribution in [1.82, 2.24) is 0 Å². The van der Waals surface area contributed by atoms with Crippen molar-refractivity contribution in [2.24, 2.45) is 0 Å². The number of hydrogen-bond donors (Lipinski definition) is 1. The Morgan fingerprint density at radius 2 is 2.31 bits per heavy atom. The molecular formula is C13H17ClN2. The number of anilines is 2. The molecule has 1 aliphatic heterocycles. The lowest BCUT2D eigenvalue weighted by atomic mass is 10.1. The van der Waals surface area contributed by atoms with E-state index in [-0.39, 0.29) is 0 Å². The molecule has 0 aromatic heterocycles. The zero-order chi connectivity index (χ0) is 11.4. The van der Waals surface area contributed by atoms with Crippen molar-refractivity contribution in [2.45, 2.75) is 6.42 Å². The highest BCUT2D eigenvalue weighted by molar-refractivity contribution is 6.18. The highest BCUT2D eigenvalue weighted by atomic mass is 35.5. The first-order chi connectivity index (χ1) is 7.81. The Kier molecular flexibility index (Phi) is 3.73. The van der Waals surface area contributed by atoms with Crippen molar-refractivity contribution in [2.75, 3.05) is 36.2 Å². The van der Waals surface area contributed by atoms with Gasteiger partial charge in [0, 0.05) is 37.4 Å². The lowest BCUT2D eigenvalue weighted by Crippen LogP contribution is -2.12. The van der Waals surface area contributed by atoms with Crippen molar-refractivity contribution in [3.05, 3.63) is 35.9 Å². The summed E-state index contributed by atoms with van der Waals surface area (Å²) in [6.07, 6.45) is 5.15. The number of allylic oxidation sites excluding steroid dienone is 1. The monoisotopic (exact) mass is 236 g/mol. The summed E-state index contributed by atoms with van der Waals surface area (Å²) in [5, 5.41) is 3.36. The van der Waals surface area contributed by atoms with Crippen molar-refractivity contribution < 1.29 is 0 Å². The van der Waals surface area contributed by atoms with E-state index in [1.807, 2.05) is 12.2 Å². The van der Waals surface area contributed by atoms with Crippen molar-refractivity contribution in [3.63, 3.8) is 0 Å². The number of rotatable bonds is 4. The zero-order valence-corrected chi connectivity index (χ0v) is 10.3. The maximum atomic E-state index is 5.56. The third kappa shape index (κ3) is 2.50. The molecule has 1 heterocycles. The molecule has 0 fully saturated rings. The lowest BCUT2D eigenvalue weighted by Gasteiger charge is -2.12. The second-order valence-electron chi connectivity index (χ2n) is 4.02. The molecule has 1 aliphatic rings. The summed E-state index contributed by atoms with van der Waals surface area (Å²) in [5.74, 6) is 0.580. The summed E-state index contributed by atoms with van der Waals surface area (Å²) < 4.78 is 0. The third-order valence-corrected chi connectivity index (χ3v) is 3.07. The Bertz CT molecular complexity index is 388. The summed E-state index contributed by atoms with van der Waals surface area (Å²) in [6, 6.07) is 6.57. The van der Waals surface area contributed by atoms with E-state index in [0.717, 1.165) is 19.5 Å². The number of hydrogen-bond acceptors (Lipinski definition) is 2. The molecular weight excluding hydrogens is 220 g/mol. The molecule has 2 rings (SSSR count). The highest BCUT2D eigenvalue weighted by Crippen LogP contribution is 2.28. The topological polar surface area (TPSA) is 15.3 Å². The fourth-order valence-electron chi connectivity index (χ4n) is 2.00. The van der Waals surface area contributed by atoms with Gasteiger partial charge in [-0.05, 0) is 30.2 Å². The van der Waals surface area contributed by atoms with Crippen LogP contribution in [0.4, 0.5) is 11.4 Å². The van der Waals surface area contributed by atoms with Gasteiger partial charge in [-0.2, -0.15) is 0 Å². The number of nitrogens with zero attached hydrogens (tertiary/aromatic N) is 1. The summed E-state index contributed by atoms with van der Waals surface area (Å²) >= 11 is 5.56. The number of benzene rings is 1. The molecule has 0 unspecified atom stereocenters. The maximum absolute atomic E-state index is 5.56. The molecule has 1 aromatic carbocycles. The van der Waals surface area contributed by atoms with Gasteiger partial charge in [-0.15, -0.1) is 11.6 Å². The number of nitrogens with one attached hydrogen (secondary N) is 1. The van der Waals surface area contributed by atoms with E-state index in [1.165, 1.54) is 16.9 Å². The Balaban J connectivity index is 1.99. The molecule has 0 aliphatic carbocycles. The van der Waals surface area contributed by atoms with E-state index in [1.54, 1.807) is 0 Å². The quantitative estimate of drug-likeness (QED) is 0.639. The van der Waals surface area contributed by atoms with E-state index >= 15 is 0 Å². The minimum atomic E-state index is 0.580. The van der Waals surface area contributed by atoms with Gasteiger partial charge in [-0.25, -0.2) is 0 Å². The van der Waals surface area contributed by atoms with Gasteiger partial charge in [0.25, 0.3) is 0 Å². The van der Waals surface area contributed by atoms with E-state index in [0.29, 0.717) is 5.88 Å². The highest BCUT2D eigenvalue weighted by Gasteiger charge is 2.14. The van der Waals surface area contributed by atoms with Crippen molar-refractivity contribution >= 4 is 23.0 Å². The molecule has 2 nitrogen and oxygen atoms in total. The molecule has 0 atom stereocenters. The molecule has 0 radical (unpaired) electrons. The molecule has 0 spiro atoms. The normalized spacial score (nSPS) is 14.5. The maximum Gasteiger partial charge on any atom is 0.0404 e. The van der Waals surface area contributed by atoms with E-state index in [4.69, 9.17) is 11.6 Å². The van der Waals surface area contributed by atoms with Crippen LogP contribution in [0.15, 0.2) is 30.4 Å². The first-order valence-corrected chi connectivity index (χ1v) is 6.13. The van der Waals surface area contributed by atoms with Crippen LogP contribution < -0.4 is 10.2 Å². The van der Waals surface area contributed by atoms with Crippen LogP contribution in [0.3, 0.4) is 0 Å². The number of likely N-dealkylation sites (N-methyl/N-ethyl adjacent to an activating group) is 1. The fourth-order valence-corrected chi connectivity index (χ4v) is 2.13. The summed E-state index contributed by atoms with van der Waals surface area (Å²) in [6.45, 7) is 1.96. The smallest absolute Gasteiger partial charge is 0.0404 e. The van der Waals surface area contributed by atoms with Gasteiger partial charge in [-0.3, -0.25) is 0 Å². The van der Waals surface area contributed by atoms with Crippen LogP contribution in [-0.4, -0.2) is 26.0 Å². The molecule has 0 saturated heterocycles. The molecule has 1 N–H and O–H groups in total. The van der Waals surface area contributed by atoms with E-state index in [2.05, 4.69) is 35.5 Å². The van der Waals surface area contributed by atoms with Gasteiger partial charge in [0.05, 0.1) is 0 Å². The molecule has 0 amide bonds. The molecule has 1 aromatic rings. The Morgan fingerprint density at radius 3 is 3.12 bits per heavy atom. The van der Waals surface area contributed by atoms with Gasteiger partial charge in [0.1, 0.15) is 0 Å². The summed E-state index contributed by atoms with van der Waals surface area (Å²) in [4.78, 5) is 2.30. The average Bonchev–Trinajstić information content (AvgIpc) is 2.66. The van der Waals surface area contributed by atoms with Crippen LogP contribution in [0.1, 0.15) is 5.56 Å². The Hall–Kier alpha value is -1.15. The van der Waals surface area contributed by atoms with Crippen molar-refractivity contribution in [1.29, 1.82) is 0 Å². The minimum Gasteiger partial charge on any atom is -0.382 e. The molecule has 0 saturated carbocycles. The first-order valence-electron chi connectivity index (χ1n) is 5.60.